The number of alkyl halides is 3. The number of para-hydroxylation sites is 1. The van der Waals surface area contributed by atoms with E-state index in [1.54, 1.807) is 34.1 Å². The molecule has 32 heavy (non-hydrogen) atoms. The van der Waals surface area contributed by atoms with E-state index in [1.165, 1.54) is 18.2 Å². The van der Waals surface area contributed by atoms with E-state index in [1.807, 2.05) is 6.07 Å². The van der Waals surface area contributed by atoms with Crippen LogP contribution < -0.4 is 10.1 Å². The molecule has 0 unspecified atom stereocenters. The molecular weight excluding hydrogens is 425 g/mol. The predicted octanol–water partition coefficient (Wildman–Crippen LogP) is 2.74. The Balaban J connectivity index is 1.44. The van der Waals surface area contributed by atoms with E-state index < -0.39 is 17.6 Å². The van der Waals surface area contributed by atoms with Gasteiger partial charge in [-0.2, -0.15) is 18.4 Å². The number of nitrogens with one attached hydrogen (secondary N) is 1. The molecule has 0 spiro atoms. The Kier molecular flexibility index (Phi) is 7.33. The van der Waals surface area contributed by atoms with E-state index in [-0.39, 0.29) is 24.7 Å². The van der Waals surface area contributed by atoms with Crippen molar-refractivity contribution in [2.24, 2.45) is 0 Å². The molecule has 2 aromatic carbocycles. The van der Waals surface area contributed by atoms with Crippen LogP contribution in [0.15, 0.2) is 48.5 Å². The van der Waals surface area contributed by atoms with Gasteiger partial charge in [-0.1, -0.05) is 12.1 Å². The number of amides is 2. The molecule has 1 aliphatic rings. The number of carbonyl (C=O) groups excluding carboxylic acids is 2. The number of anilines is 1. The molecule has 1 heterocycles. The van der Waals surface area contributed by atoms with E-state index >= 15 is 0 Å². The number of hydrogen-bond donors (Lipinski definition) is 1. The minimum absolute atomic E-state index is 0.0734. The summed E-state index contributed by atoms with van der Waals surface area (Å²) in [7, 11) is 0. The van der Waals surface area contributed by atoms with Crippen LogP contribution in [0.3, 0.4) is 0 Å². The lowest BCUT2D eigenvalue weighted by Gasteiger charge is -2.34. The van der Waals surface area contributed by atoms with E-state index in [0.29, 0.717) is 37.5 Å². The average Bonchev–Trinajstić information content (AvgIpc) is 2.78. The molecule has 0 aliphatic carbocycles. The van der Waals surface area contributed by atoms with Gasteiger partial charge >= 0.3 is 6.18 Å². The highest BCUT2D eigenvalue weighted by atomic mass is 19.4. The van der Waals surface area contributed by atoms with E-state index in [9.17, 15) is 22.8 Å². The van der Waals surface area contributed by atoms with Gasteiger partial charge in [0, 0.05) is 26.2 Å². The summed E-state index contributed by atoms with van der Waals surface area (Å²) < 4.78 is 44.6. The molecule has 168 valence electrons. The minimum atomic E-state index is -4.56. The first-order valence-corrected chi connectivity index (χ1v) is 9.85. The largest absolute Gasteiger partial charge is 0.484 e. The van der Waals surface area contributed by atoms with Gasteiger partial charge in [0.05, 0.1) is 29.4 Å². The fourth-order valence-electron chi connectivity index (χ4n) is 3.25. The summed E-state index contributed by atoms with van der Waals surface area (Å²) in [6, 6.07) is 13.2. The number of nitriles is 1. The minimum Gasteiger partial charge on any atom is -0.484 e. The number of halogens is 3. The van der Waals surface area contributed by atoms with Crippen molar-refractivity contribution in [3.63, 3.8) is 0 Å². The van der Waals surface area contributed by atoms with Gasteiger partial charge in [-0.05, 0) is 36.4 Å². The van der Waals surface area contributed by atoms with Crippen LogP contribution in [0.5, 0.6) is 5.75 Å². The van der Waals surface area contributed by atoms with Gasteiger partial charge < -0.3 is 15.0 Å². The maximum atomic E-state index is 13.1. The van der Waals surface area contributed by atoms with Crippen LogP contribution in [0.25, 0.3) is 0 Å². The molecule has 1 N–H and O–H groups in total. The number of carbonyl (C=O) groups is 2. The van der Waals surface area contributed by atoms with Gasteiger partial charge in [-0.25, -0.2) is 0 Å². The van der Waals surface area contributed by atoms with Crippen molar-refractivity contribution in [1.29, 1.82) is 5.26 Å². The van der Waals surface area contributed by atoms with Crippen molar-refractivity contribution in [3.05, 3.63) is 59.7 Å². The first-order valence-electron chi connectivity index (χ1n) is 9.85. The Bertz CT molecular complexity index is 995. The number of ether oxygens (including phenoxy) is 1. The molecule has 0 aromatic heterocycles. The lowest BCUT2D eigenvalue weighted by atomic mass is 10.1. The van der Waals surface area contributed by atoms with E-state index in [2.05, 4.69) is 5.32 Å². The lowest BCUT2D eigenvalue weighted by molar-refractivity contribution is -0.137. The highest BCUT2D eigenvalue weighted by Crippen LogP contribution is 2.34. The van der Waals surface area contributed by atoms with Gasteiger partial charge in [-0.15, -0.1) is 0 Å². The summed E-state index contributed by atoms with van der Waals surface area (Å²) >= 11 is 0. The Morgan fingerprint density at radius 1 is 1.03 bits per heavy atom. The summed E-state index contributed by atoms with van der Waals surface area (Å²) in [5, 5.41) is 11.1. The summed E-state index contributed by atoms with van der Waals surface area (Å²) in [5.74, 6) is -0.282. The predicted molar refractivity (Wildman–Crippen MR) is 110 cm³/mol. The smallest absolute Gasteiger partial charge is 0.418 e. The second kappa shape index (κ2) is 10.2. The second-order valence-electron chi connectivity index (χ2n) is 7.17. The molecule has 1 saturated heterocycles. The van der Waals surface area contributed by atoms with Crippen LogP contribution in [-0.4, -0.2) is 60.9 Å². The zero-order valence-electron chi connectivity index (χ0n) is 17.1. The number of rotatable bonds is 6. The summed E-state index contributed by atoms with van der Waals surface area (Å²) in [6.07, 6.45) is -4.56. The summed E-state index contributed by atoms with van der Waals surface area (Å²) in [4.78, 5) is 28.0. The zero-order chi connectivity index (χ0) is 23.1. The molecule has 0 radical (unpaired) electrons. The van der Waals surface area contributed by atoms with Gasteiger partial charge in [0.15, 0.2) is 6.61 Å². The maximum Gasteiger partial charge on any atom is 0.418 e. The van der Waals surface area contributed by atoms with Crippen LogP contribution in [0, 0.1) is 11.3 Å². The summed E-state index contributed by atoms with van der Waals surface area (Å²) in [5.41, 5.74) is -0.685. The molecule has 1 fully saturated rings. The standard InChI is InChI=1S/C22H21F3N4O3/c23-22(24,25)18-3-1-2-4-19(18)27-20(30)14-28-9-11-29(12-10-28)21(31)15-32-17-7-5-16(13-26)6-8-17/h1-8H,9-12,14-15H2,(H,27,30). The van der Waals surface area contributed by atoms with Gasteiger partial charge in [0.1, 0.15) is 5.75 Å². The van der Waals surface area contributed by atoms with Gasteiger partial charge in [-0.3, -0.25) is 14.5 Å². The molecule has 2 amide bonds. The van der Waals surface area contributed by atoms with Crippen molar-refractivity contribution in [1.82, 2.24) is 9.80 Å². The van der Waals surface area contributed by atoms with Crippen molar-refractivity contribution >= 4 is 17.5 Å². The summed E-state index contributed by atoms with van der Waals surface area (Å²) in [6.45, 7) is 1.36. The Morgan fingerprint density at radius 3 is 2.31 bits per heavy atom. The number of piperazine rings is 1. The van der Waals surface area contributed by atoms with Crippen LogP contribution in [0.1, 0.15) is 11.1 Å². The molecule has 0 saturated carbocycles. The normalized spacial score (nSPS) is 14.5. The van der Waals surface area contributed by atoms with Crippen molar-refractivity contribution in [2.45, 2.75) is 6.18 Å². The lowest BCUT2D eigenvalue weighted by Crippen LogP contribution is -2.51. The third-order valence-corrected chi connectivity index (χ3v) is 4.94. The number of benzene rings is 2. The molecule has 0 atom stereocenters. The average molecular weight is 446 g/mol. The topological polar surface area (TPSA) is 85.7 Å². The fraction of sp³-hybridized carbons (Fsp3) is 0.318. The highest BCUT2D eigenvalue weighted by Gasteiger charge is 2.33. The molecule has 0 bridgehead atoms. The zero-order valence-corrected chi connectivity index (χ0v) is 17.1. The number of nitrogens with zero attached hydrogens (tertiary/aromatic N) is 3. The van der Waals surface area contributed by atoms with Crippen LogP contribution in [-0.2, 0) is 15.8 Å². The Hall–Kier alpha value is -3.58. The SMILES string of the molecule is N#Cc1ccc(OCC(=O)N2CCN(CC(=O)Nc3ccccc3C(F)(F)F)CC2)cc1. The quantitative estimate of drug-likeness (QED) is 0.738. The Labute approximate surface area is 183 Å². The highest BCUT2D eigenvalue weighted by molar-refractivity contribution is 5.93. The molecule has 1 aliphatic heterocycles. The van der Waals surface area contributed by atoms with E-state index in [0.717, 1.165) is 6.07 Å². The van der Waals surface area contributed by atoms with Gasteiger partial charge in [0.25, 0.3) is 5.91 Å². The van der Waals surface area contributed by atoms with Crippen molar-refractivity contribution in [3.8, 4) is 11.8 Å². The molecule has 3 rings (SSSR count). The van der Waals surface area contributed by atoms with Crippen LogP contribution in [0.4, 0.5) is 18.9 Å². The van der Waals surface area contributed by atoms with Crippen LogP contribution >= 0.6 is 0 Å². The first-order chi connectivity index (χ1) is 15.3. The second-order valence-corrected chi connectivity index (χ2v) is 7.17. The number of hydrogen-bond acceptors (Lipinski definition) is 5. The van der Waals surface area contributed by atoms with Gasteiger partial charge in [0.2, 0.25) is 5.91 Å². The molecule has 7 nitrogen and oxygen atoms in total. The molecule has 10 heteroatoms. The molecule has 2 aromatic rings. The first kappa shape index (κ1) is 23.1. The maximum absolute atomic E-state index is 13.1. The van der Waals surface area contributed by atoms with Crippen molar-refractivity contribution in [2.75, 3.05) is 44.6 Å². The monoisotopic (exact) mass is 446 g/mol. The van der Waals surface area contributed by atoms with E-state index in [4.69, 9.17) is 10.00 Å². The third kappa shape index (κ3) is 6.21. The van der Waals surface area contributed by atoms with Crippen LogP contribution in [0.2, 0.25) is 0 Å². The Morgan fingerprint density at radius 2 is 1.69 bits per heavy atom. The molecular formula is C22H21F3N4O3. The fourth-order valence-corrected chi connectivity index (χ4v) is 3.25. The third-order valence-electron chi connectivity index (χ3n) is 4.94. The van der Waals surface area contributed by atoms with Crippen molar-refractivity contribution < 1.29 is 27.5 Å².